The number of hydrogen-bond donors (Lipinski definition) is 0. The van der Waals surface area contributed by atoms with Gasteiger partial charge < -0.3 is 0 Å². The maximum Gasteiger partial charge on any atom is -0.0101 e. The molecule has 0 heterocycles. The highest BCUT2D eigenvalue weighted by atomic mass is 31.1. The van der Waals surface area contributed by atoms with Crippen molar-refractivity contribution in [3.8, 4) is 0 Å². The maximum atomic E-state index is 2.47. The molecular formula is C68H85P3. The lowest BCUT2D eigenvalue weighted by Crippen LogP contribution is -2.26. The highest BCUT2D eigenvalue weighted by molar-refractivity contribution is 7.81. The van der Waals surface area contributed by atoms with Crippen molar-refractivity contribution in [1.82, 2.24) is 0 Å². The first-order valence-corrected chi connectivity index (χ1v) is 31.4. The van der Waals surface area contributed by atoms with Crippen LogP contribution in [0.15, 0.2) is 170 Å². The minimum atomic E-state index is -0.806. The standard InChI is InChI=1S/C68H85P3/c1-11-15-19-53-22-32-58(33-23-53)69(61-38-28-56(29-39-61)67(7,8)50-18-14-4)63-42-46-65(47-43-63)71(60-36-26-55(27-37-60)21-17-13-3)66-48-44-64(45-49-66)70(59-34-24-54(25-35-59)20-16-12-2)62-40-30-57(31-41-62)68(9,10)51-52(5)6/h22-49,52H,11-21,50-51H2,1-10H3. The molecule has 7 rings (SSSR count). The summed E-state index contributed by atoms with van der Waals surface area (Å²) in [4.78, 5) is 0. The summed E-state index contributed by atoms with van der Waals surface area (Å²) in [7, 11) is -2.30. The molecule has 0 fully saturated rings. The summed E-state index contributed by atoms with van der Waals surface area (Å²) in [5.74, 6) is 0.653. The zero-order valence-corrected chi connectivity index (χ0v) is 48.0. The Morgan fingerprint density at radius 3 is 0.775 bits per heavy atom. The average molecular weight is 995 g/mol. The van der Waals surface area contributed by atoms with Crippen LogP contribution in [-0.4, -0.2) is 0 Å². The van der Waals surface area contributed by atoms with E-state index >= 15 is 0 Å². The molecule has 0 aliphatic rings. The van der Waals surface area contributed by atoms with Gasteiger partial charge in [0.25, 0.3) is 0 Å². The van der Waals surface area contributed by atoms with Crippen molar-refractivity contribution in [3.05, 3.63) is 198 Å². The van der Waals surface area contributed by atoms with Crippen LogP contribution in [0, 0.1) is 5.92 Å². The number of benzene rings is 7. The Morgan fingerprint density at radius 1 is 0.310 bits per heavy atom. The fourth-order valence-corrected chi connectivity index (χ4v) is 17.2. The topological polar surface area (TPSA) is 0 Å². The first-order chi connectivity index (χ1) is 34.3. The number of aryl methyl sites for hydroxylation is 3. The van der Waals surface area contributed by atoms with Crippen LogP contribution in [0.3, 0.4) is 0 Å². The minimum Gasteiger partial charge on any atom is -0.0654 e. The van der Waals surface area contributed by atoms with Gasteiger partial charge in [-0.2, -0.15) is 0 Å². The first-order valence-electron chi connectivity index (χ1n) is 27.4. The Bertz CT molecular complexity index is 2640. The van der Waals surface area contributed by atoms with E-state index in [0.29, 0.717) is 5.92 Å². The predicted molar refractivity (Wildman–Crippen MR) is 323 cm³/mol. The van der Waals surface area contributed by atoms with Crippen molar-refractivity contribution in [2.24, 2.45) is 5.92 Å². The molecule has 0 radical (unpaired) electrons. The molecule has 0 N–H and O–H groups in total. The van der Waals surface area contributed by atoms with E-state index in [1.54, 1.807) is 0 Å². The summed E-state index contributed by atoms with van der Waals surface area (Å²) < 4.78 is 0. The second-order valence-corrected chi connectivity index (χ2v) is 28.6. The molecule has 7 aromatic rings. The van der Waals surface area contributed by atoms with Gasteiger partial charge in [-0.1, -0.05) is 271 Å². The van der Waals surface area contributed by atoms with E-state index < -0.39 is 23.8 Å². The maximum absolute atomic E-state index is 2.47. The molecule has 0 bridgehead atoms. The fraction of sp³-hybridized carbons (Fsp3) is 0.382. The molecule has 0 saturated heterocycles. The molecule has 0 nitrogen and oxygen atoms in total. The Kier molecular flexibility index (Phi) is 20.1. The van der Waals surface area contributed by atoms with Gasteiger partial charge in [0.1, 0.15) is 0 Å². The quantitative estimate of drug-likeness (QED) is 0.0501. The average Bonchev–Trinajstić information content (AvgIpc) is 3.38. The van der Waals surface area contributed by atoms with Gasteiger partial charge in [0.2, 0.25) is 0 Å². The van der Waals surface area contributed by atoms with E-state index in [4.69, 9.17) is 0 Å². The molecular weight excluding hydrogens is 910 g/mol. The van der Waals surface area contributed by atoms with E-state index in [1.807, 2.05) is 0 Å². The van der Waals surface area contributed by atoms with Gasteiger partial charge in [0.05, 0.1) is 0 Å². The van der Waals surface area contributed by atoms with Gasteiger partial charge in [0, 0.05) is 0 Å². The molecule has 372 valence electrons. The van der Waals surface area contributed by atoms with E-state index in [-0.39, 0.29) is 10.8 Å². The Hall–Kier alpha value is -4.17. The van der Waals surface area contributed by atoms with Crippen LogP contribution < -0.4 is 47.7 Å². The van der Waals surface area contributed by atoms with Gasteiger partial charge in [-0.25, -0.2) is 0 Å². The van der Waals surface area contributed by atoms with Crippen LogP contribution in [0.4, 0.5) is 0 Å². The molecule has 7 aromatic carbocycles. The lowest BCUT2D eigenvalue weighted by molar-refractivity contribution is 0.400. The van der Waals surface area contributed by atoms with Gasteiger partial charge >= 0.3 is 0 Å². The van der Waals surface area contributed by atoms with Crippen LogP contribution in [-0.2, 0) is 30.1 Å². The number of rotatable bonds is 25. The molecule has 0 amide bonds. The zero-order chi connectivity index (χ0) is 50.4. The lowest BCUT2D eigenvalue weighted by atomic mass is 9.78. The number of unbranched alkanes of at least 4 members (excludes halogenated alkanes) is 4. The second-order valence-electron chi connectivity index (χ2n) is 21.9. The second kappa shape index (κ2) is 26.2. The van der Waals surface area contributed by atoms with E-state index in [0.717, 1.165) is 19.3 Å². The summed E-state index contributed by atoms with van der Waals surface area (Å²) in [6, 6.07) is 68.2. The normalized spacial score (nSPS) is 13.3. The van der Waals surface area contributed by atoms with Crippen molar-refractivity contribution in [2.75, 3.05) is 0 Å². The van der Waals surface area contributed by atoms with Crippen LogP contribution in [0.5, 0.6) is 0 Å². The Balaban J connectivity index is 1.27. The monoisotopic (exact) mass is 995 g/mol. The minimum absolute atomic E-state index is 0.139. The lowest BCUT2D eigenvalue weighted by Gasteiger charge is -2.28. The largest absolute Gasteiger partial charge is 0.0654 e. The third kappa shape index (κ3) is 14.5. The summed E-state index contributed by atoms with van der Waals surface area (Å²) >= 11 is 0. The predicted octanol–water partition coefficient (Wildman–Crippen LogP) is 15.8. The molecule has 0 aromatic heterocycles. The number of hydrogen-bond acceptors (Lipinski definition) is 0. The summed E-state index contributed by atoms with van der Waals surface area (Å²) in [6.07, 6.45) is 15.7. The van der Waals surface area contributed by atoms with Crippen LogP contribution in [0.25, 0.3) is 0 Å². The first kappa shape index (κ1) is 54.6. The highest BCUT2D eigenvalue weighted by Crippen LogP contribution is 2.39. The zero-order valence-electron chi connectivity index (χ0n) is 45.3. The van der Waals surface area contributed by atoms with Gasteiger partial charge in [-0.15, -0.1) is 0 Å². The van der Waals surface area contributed by atoms with Crippen molar-refractivity contribution in [2.45, 2.75) is 164 Å². The van der Waals surface area contributed by atoms with E-state index in [2.05, 4.69) is 239 Å². The van der Waals surface area contributed by atoms with Crippen molar-refractivity contribution < 1.29 is 0 Å². The van der Waals surface area contributed by atoms with Gasteiger partial charge in [-0.05, 0) is 167 Å². The van der Waals surface area contributed by atoms with E-state index in [9.17, 15) is 0 Å². The smallest absolute Gasteiger partial charge is 0.0101 e. The third-order valence-corrected chi connectivity index (χ3v) is 22.0. The molecule has 0 saturated carbocycles. The fourth-order valence-electron chi connectivity index (χ4n) is 10.4. The van der Waals surface area contributed by atoms with Crippen LogP contribution in [0.2, 0.25) is 0 Å². The molecule has 0 aliphatic heterocycles. The summed E-state index contributed by atoms with van der Waals surface area (Å²) in [6.45, 7) is 23.5. The molecule has 3 atom stereocenters. The van der Waals surface area contributed by atoms with Crippen molar-refractivity contribution in [1.29, 1.82) is 0 Å². The van der Waals surface area contributed by atoms with Crippen LogP contribution in [0.1, 0.15) is 161 Å². The molecule has 3 unspecified atom stereocenters. The Labute approximate surface area is 436 Å². The molecule has 0 aliphatic carbocycles. The molecule has 3 heteroatoms. The van der Waals surface area contributed by atoms with Crippen molar-refractivity contribution >= 4 is 71.5 Å². The SMILES string of the molecule is CCCCc1ccc(P(c2ccc(P(c3ccc(CCCC)cc3)c3ccc(C(C)(C)CCCC)cc3)cc2)c2ccc(P(c3ccc(CCCC)cc3)c3ccc(C(C)(C)CC(C)C)cc3)cc2)cc1. The highest BCUT2D eigenvalue weighted by Gasteiger charge is 2.26. The van der Waals surface area contributed by atoms with E-state index in [1.165, 1.54) is 140 Å². The molecule has 0 spiro atoms. The molecule has 71 heavy (non-hydrogen) atoms. The third-order valence-electron chi connectivity index (χ3n) is 14.7. The van der Waals surface area contributed by atoms with Crippen molar-refractivity contribution in [3.63, 3.8) is 0 Å². The summed E-state index contributed by atoms with van der Waals surface area (Å²) in [5.41, 5.74) is 7.50. The Morgan fingerprint density at radius 2 is 0.535 bits per heavy atom. The van der Waals surface area contributed by atoms with Gasteiger partial charge in [-0.3, -0.25) is 0 Å². The van der Waals surface area contributed by atoms with Gasteiger partial charge in [0.15, 0.2) is 0 Å². The van der Waals surface area contributed by atoms with Crippen LogP contribution >= 0.6 is 23.8 Å². The summed E-state index contributed by atoms with van der Waals surface area (Å²) in [5, 5.41) is 12.7.